The molecule has 1 N–H and O–H groups in total. The smallest absolute Gasteiger partial charge is 0.124 e. The largest absolute Gasteiger partial charge is 0.364 e. The van der Waals surface area contributed by atoms with Crippen LogP contribution in [0.4, 0.5) is 0 Å². The summed E-state index contributed by atoms with van der Waals surface area (Å²) in [7, 11) is 0. The minimum absolute atomic E-state index is 0.836. The van der Waals surface area contributed by atoms with Crippen LogP contribution in [0, 0.1) is 11.8 Å². The van der Waals surface area contributed by atoms with Gasteiger partial charge in [-0.2, -0.15) is 0 Å². The fourth-order valence-electron chi connectivity index (χ4n) is 2.27. The van der Waals surface area contributed by atoms with Crippen molar-refractivity contribution in [2.24, 2.45) is 11.8 Å². The van der Waals surface area contributed by atoms with E-state index in [1.54, 1.807) is 6.26 Å². The summed E-state index contributed by atoms with van der Waals surface area (Å²) in [6, 6.07) is 1.91. The molecule has 84 valence electrons. The first-order valence-corrected chi connectivity index (χ1v) is 5.94. The minimum Gasteiger partial charge on any atom is -0.364 e. The molecule has 0 bridgehead atoms. The van der Waals surface area contributed by atoms with E-state index in [4.69, 9.17) is 4.52 Å². The lowest BCUT2D eigenvalue weighted by Gasteiger charge is -2.26. The Morgan fingerprint density at radius 3 is 2.87 bits per heavy atom. The molecule has 0 amide bonds. The summed E-state index contributed by atoms with van der Waals surface area (Å²) in [6.07, 6.45) is 7.19. The van der Waals surface area contributed by atoms with Gasteiger partial charge in [-0.25, -0.2) is 0 Å². The van der Waals surface area contributed by atoms with Gasteiger partial charge in [0.1, 0.15) is 6.26 Å². The SMILES string of the molecule is CC1CCC(CNCc2ccon2)CC1. The van der Waals surface area contributed by atoms with E-state index in [1.165, 1.54) is 25.7 Å². The Hall–Kier alpha value is -0.830. The fraction of sp³-hybridized carbons (Fsp3) is 0.750. The summed E-state index contributed by atoms with van der Waals surface area (Å²) in [4.78, 5) is 0. The van der Waals surface area contributed by atoms with Crippen LogP contribution in [0.2, 0.25) is 0 Å². The molecule has 1 aromatic rings. The van der Waals surface area contributed by atoms with Crippen molar-refractivity contribution in [3.8, 4) is 0 Å². The van der Waals surface area contributed by atoms with Gasteiger partial charge < -0.3 is 9.84 Å². The number of rotatable bonds is 4. The van der Waals surface area contributed by atoms with Crippen molar-refractivity contribution in [1.29, 1.82) is 0 Å². The molecule has 1 aromatic heterocycles. The van der Waals surface area contributed by atoms with E-state index in [0.717, 1.165) is 30.6 Å². The Balaban J connectivity index is 1.62. The maximum atomic E-state index is 4.78. The molecule has 2 rings (SSSR count). The lowest BCUT2D eigenvalue weighted by molar-refractivity contribution is 0.280. The zero-order valence-corrected chi connectivity index (χ0v) is 9.41. The molecule has 1 saturated carbocycles. The van der Waals surface area contributed by atoms with Crippen LogP contribution in [0.1, 0.15) is 38.3 Å². The normalized spacial score (nSPS) is 26.7. The highest BCUT2D eigenvalue weighted by molar-refractivity contribution is 4.94. The van der Waals surface area contributed by atoms with Crippen LogP contribution >= 0.6 is 0 Å². The van der Waals surface area contributed by atoms with Crippen LogP contribution in [-0.4, -0.2) is 11.7 Å². The van der Waals surface area contributed by atoms with Gasteiger partial charge in [0.25, 0.3) is 0 Å². The monoisotopic (exact) mass is 208 g/mol. The average molecular weight is 208 g/mol. The van der Waals surface area contributed by atoms with E-state index in [2.05, 4.69) is 17.4 Å². The Morgan fingerprint density at radius 2 is 2.20 bits per heavy atom. The number of nitrogens with one attached hydrogen (secondary N) is 1. The third-order valence-electron chi connectivity index (χ3n) is 3.37. The van der Waals surface area contributed by atoms with Gasteiger partial charge in [0.2, 0.25) is 0 Å². The zero-order chi connectivity index (χ0) is 10.5. The number of nitrogens with zero attached hydrogens (tertiary/aromatic N) is 1. The van der Waals surface area contributed by atoms with Crippen LogP contribution in [0.15, 0.2) is 16.9 Å². The lowest BCUT2D eigenvalue weighted by Crippen LogP contribution is -2.25. The molecule has 0 radical (unpaired) electrons. The summed E-state index contributed by atoms with van der Waals surface area (Å²) in [5.41, 5.74) is 0.999. The second-order valence-electron chi connectivity index (χ2n) is 4.75. The van der Waals surface area contributed by atoms with E-state index in [1.807, 2.05) is 6.07 Å². The second kappa shape index (κ2) is 5.31. The maximum absolute atomic E-state index is 4.78. The number of hydrogen-bond acceptors (Lipinski definition) is 3. The van der Waals surface area contributed by atoms with E-state index in [-0.39, 0.29) is 0 Å². The second-order valence-corrected chi connectivity index (χ2v) is 4.75. The summed E-state index contributed by atoms with van der Waals surface area (Å²) in [5, 5.41) is 7.32. The van der Waals surface area contributed by atoms with Crippen molar-refractivity contribution in [2.75, 3.05) is 6.54 Å². The van der Waals surface area contributed by atoms with Crippen molar-refractivity contribution in [3.05, 3.63) is 18.0 Å². The van der Waals surface area contributed by atoms with Crippen LogP contribution in [-0.2, 0) is 6.54 Å². The van der Waals surface area contributed by atoms with E-state index >= 15 is 0 Å². The van der Waals surface area contributed by atoms with Crippen LogP contribution < -0.4 is 5.32 Å². The van der Waals surface area contributed by atoms with Crippen molar-refractivity contribution in [3.63, 3.8) is 0 Å². The molecular weight excluding hydrogens is 188 g/mol. The molecule has 0 atom stereocenters. The van der Waals surface area contributed by atoms with Gasteiger partial charge in [0, 0.05) is 12.6 Å². The molecule has 0 aliphatic heterocycles. The molecule has 0 aromatic carbocycles. The lowest BCUT2D eigenvalue weighted by atomic mass is 9.83. The number of hydrogen-bond donors (Lipinski definition) is 1. The van der Waals surface area contributed by atoms with Gasteiger partial charge in [-0.05, 0) is 31.2 Å². The molecule has 1 aliphatic carbocycles. The van der Waals surface area contributed by atoms with Crippen molar-refractivity contribution in [1.82, 2.24) is 10.5 Å². The van der Waals surface area contributed by atoms with Crippen LogP contribution in [0.5, 0.6) is 0 Å². The highest BCUT2D eigenvalue weighted by atomic mass is 16.5. The van der Waals surface area contributed by atoms with Gasteiger partial charge in [-0.15, -0.1) is 0 Å². The fourth-order valence-corrected chi connectivity index (χ4v) is 2.27. The third kappa shape index (κ3) is 3.34. The van der Waals surface area contributed by atoms with Gasteiger partial charge in [-0.3, -0.25) is 0 Å². The first-order valence-electron chi connectivity index (χ1n) is 5.94. The Labute approximate surface area is 91.2 Å². The quantitative estimate of drug-likeness (QED) is 0.826. The van der Waals surface area contributed by atoms with Crippen LogP contribution in [0.25, 0.3) is 0 Å². The standard InChI is InChI=1S/C12H20N2O/c1-10-2-4-11(5-3-10)8-13-9-12-6-7-15-14-12/h6-7,10-11,13H,2-5,8-9H2,1H3. The molecule has 0 unspecified atom stereocenters. The minimum atomic E-state index is 0.836. The summed E-state index contributed by atoms with van der Waals surface area (Å²) in [5.74, 6) is 1.81. The molecule has 3 heteroatoms. The Kier molecular flexibility index (Phi) is 3.78. The van der Waals surface area contributed by atoms with Crippen molar-refractivity contribution < 1.29 is 4.52 Å². The third-order valence-corrected chi connectivity index (χ3v) is 3.37. The van der Waals surface area contributed by atoms with Gasteiger partial charge in [-0.1, -0.05) is 24.9 Å². The molecule has 1 heterocycles. The Morgan fingerprint density at radius 1 is 1.40 bits per heavy atom. The van der Waals surface area contributed by atoms with Crippen molar-refractivity contribution >= 4 is 0 Å². The molecule has 1 fully saturated rings. The van der Waals surface area contributed by atoms with Gasteiger partial charge in [0.05, 0.1) is 5.69 Å². The molecule has 15 heavy (non-hydrogen) atoms. The molecule has 0 saturated heterocycles. The molecule has 1 aliphatic rings. The molecule has 3 nitrogen and oxygen atoms in total. The summed E-state index contributed by atoms with van der Waals surface area (Å²) in [6.45, 7) is 4.32. The van der Waals surface area contributed by atoms with Gasteiger partial charge >= 0.3 is 0 Å². The summed E-state index contributed by atoms with van der Waals surface area (Å²) >= 11 is 0. The molecule has 0 spiro atoms. The van der Waals surface area contributed by atoms with E-state index in [9.17, 15) is 0 Å². The average Bonchev–Trinajstić information content (AvgIpc) is 2.74. The topological polar surface area (TPSA) is 38.1 Å². The highest BCUT2D eigenvalue weighted by Gasteiger charge is 2.17. The van der Waals surface area contributed by atoms with E-state index in [0.29, 0.717) is 0 Å². The zero-order valence-electron chi connectivity index (χ0n) is 9.41. The maximum Gasteiger partial charge on any atom is 0.124 e. The molecular formula is C12H20N2O. The highest BCUT2D eigenvalue weighted by Crippen LogP contribution is 2.27. The first kappa shape index (κ1) is 10.7. The summed E-state index contributed by atoms with van der Waals surface area (Å²) < 4.78 is 4.78. The predicted octanol–water partition coefficient (Wildman–Crippen LogP) is 2.59. The van der Waals surface area contributed by atoms with E-state index < -0.39 is 0 Å². The van der Waals surface area contributed by atoms with Gasteiger partial charge in [0.15, 0.2) is 0 Å². The first-order chi connectivity index (χ1) is 7.34. The Bertz CT molecular complexity index is 263. The van der Waals surface area contributed by atoms with Crippen molar-refractivity contribution in [2.45, 2.75) is 39.2 Å². The number of aromatic nitrogens is 1. The van der Waals surface area contributed by atoms with Crippen LogP contribution in [0.3, 0.4) is 0 Å². The predicted molar refractivity (Wildman–Crippen MR) is 59.3 cm³/mol.